The standard InChI is InChI=1S/C29H29N7O4S/c1-15-7-12-18-21(29(2,3)27(39)33-28-35-34-25(41-28)22(37)30-4)19-13-14-20(32-24(19)40-23(18)31-15)16-8-10-17(11-9-16)26(38)36(5)6/h7-14,21H,1-6H3,(H,30,37)(H,33,35,39)/t21-/m0/s1. The Morgan fingerprint density at radius 3 is 2.24 bits per heavy atom. The zero-order chi connectivity index (χ0) is 29.5. The van der Waals surface area contributed by atoms with E-state index in [4.69, 9.17) is 9.72 Å². The molecule has 5 rings (SSSR count). The first-order valence-corrected chi connectivity index (χ1v) is 13.7. The molecule has 12 heteroatoms. The third kappa shape index (κ3) is 5.25. The minimum atomic E-state index is -1.01. The number of pyridine rings is 2. The highest BCUT2D eigenvalue weighted by atomic mass is 32.1. The Labute approximate surface area is 241 Å². The van der Waals surface area contributed by atoms with Crippen LogP contribution < -0.4 is 15.4 Å². The summed E-state index contributed by atoms with van der Waals surface area (Å²) in [6.07, 6.45) is 0. The number of hydrogen-bond acceptors (Lipinski definition) is 9. The molecule has 210 valence electrons. The molecular weight excluding hydrogens is 542 g/mol. The Bertz CT molecular complexity index is 1660. The van der Waals surface area contributed by atoms with E-state index in [0.29, 0.717) is 23.0 Å². The van der Waals surface area contributed by atoms with Crippen molar-refractivity contribution in [3.63, 3.8) is 0 Å². The number of hydrogen-bond donors (Lipinski definition) is 2. The van der Waals surface area contributed by atoms with Gasteiger partial charge in [0, 0.05) is 55.0 Å². The fraction of sp³-hybridized carbons (Fsp3) is 0.276. The lowest BCUT2D eigenvalue weighted by Gasteiger charge is -2.37. The number of fused-ring (bicyclic) bond motifs is 2. The lowest BCUT2D eigenvalue weighted by Crippen LogP contribution is -2.38. The normalized spacial score (nSPS) is 13.9. The van der Waals surface area contributed by atoms with Gasteiger partial charge in [-0.1, -0.05) is 49.4 Å². The molecule has 0 bridgehead atoms. The Kier molecular flexibility index (Phi) is 7.26. The quantitative estimate of drug-likeness (QED) is 0.350. The van der Waals surface area contributed by atoms with Crippen LogP contribution in [0.3, 0.4) is 0 Å². The number of carbonyl (C=O) groups is 3. The SMILES string of the molecule is CNC(=O)c1nnc(NC(=O)C(C)(C)[C@H]2c3ccc(C)nc3Oc3nc(-c4ccc(C(=O)N(C)C)cc4)ccc32)s1. The Balaban J connectivity index is 1.51. The molecule has 41 heavy (non-hydrogen) atoms. The number of carbonyl (C=O) groups excluding carboxylic acids is 3. The van der Waals surface area contributed by atoms with Gasteiger partial charge in [-0.25, -0.2) is 9.97 Å². The lowest BCUT2D eigenvalue weighted by atomic mass is 9.70. The molecule has 3 aromatic heterocycles. The number of anilines is 1. The first kappa shape index (κ1) is 27.8. The van der Waals surface area contributed by atoms with Gasteiger partial charge in [0.25, 0.3) is 11.8 Å². The minimum absolute atomic E-state index is 0.0851. The molecule has 2 N–H and O–H groups in total. The molecule has 0 saturated heterocycles. The highest BCUT2D eigenvalue weighted by Crippen LogP contribution is 2.51. The van der Waals surface area contributed by atoms with Gasteiger partial charge in [0.2, 0.25) is 27.8 Å². The van der Waals surface area contributed by atoms with Crippen molar-refractivity contribution in [2.24, 2.45) is 5.41 Å². The van der Waals surface area contributed by atoms with Crippen molar-refractivity contribution in [2.75, 3.05) is 26.5 Å². The molecule has 3 amide bonds. The van der Waals surface area contributed by atoms with Crippen molar-refractivity contribution < 1.29 is 19.1 Å². The van der Waals surface area contributed by atoms with Gasteiger partial charge < -0.3 is 20.3 Å². The summed E-state index contributed by atoms with van der Waals surface area (Å²) in [5.41, 5.74) is 3.28. The Morgan fingerprint density at radius 2 is 1.59 bits per heavy atom. The zero-order valence-corrected chi connectivity index (χ0v) is 24.3. The van der Waals surface area contributed by atoms with Crippen molar-refractivity contribution >= 4 is 34.2 Å². The van der Waals surface area contributed by atoms with E-state index < -0.39 is 11.3 Å². The number of nitrogens with zero attached hydrogens (tertiary/aromatic N) is 5. The van der Waals surface area contributed by atoms with Gasteiger partial charge in [0.15, 0.2) is 0 Å². The van der Waals surface area contributed by atoms with Gasteiger partial charge in [-0.3, -0.25) is 14.4 Å². The van der Waals surface area contributed by atoms with Crippen LogP contribution in [0.4, 0.5) is 5.13 Å². The van der Waals surface area contributed by atoms with Crippen LogP contribution in [0.25, 0.3) is 11.3 Å². The molecule has 0 spiro atoms. The topological polar surface area (TPSA) is 139 Å². The summed E-state index contributed by atoms with van der Waals surface area (Å²) in [5.74, 6) is -0.494. The Hall–Kier alpha value is -4.71. The van der Waals surface area contributed by atoms with E-state index >= 15 is 0 Å². The van der Waals surface area contributed by atoms with E-state index in [1.165, 1.54) is 11.9 Å². The van der Waals surface area contributed by atoms with Gasteiger partial charge in [0.05, 0.1) is 11.1 Å². The summed E-state index contributed by atoms with van der Waals surface area (Å²) in [6.45, 7) is 5.54. The summed E-state index contributed by atoms with van der Waals surface area (Å²) in [4.78, 5) is 48.8. The number of rotatable bonds is 6. The number of amides is 3. The average Bonchev–Trinajstić information content (AvgIpc) is 3.43. The van der Waals surface area contributed by atoms with E-state index in [0.717, 1.165) is 33.7 Å². The number of benzene rings is 1. The predicted molar refractivity (Wildman–Crippen MR) is 154 cm³/mol. The molecule has 1 aliphatic rings. The molecule has 1 aromatic carbocycles. The molecule has 1 aliphatic heterocycles. The van der Waals surface area contributed by atoms with Crippen LogP contribution in [0.2, 0.25) is 0 Å². The van der Waals surface area contributed by atoms with Crippen molar-refractivity contribution in [1.82, 2.24) is 30.4 Å². The largest absolute Gasteiger partial charge is 0.420 e. The van der Waals surface area contributed by atoms with Gasteiger partial charge in [-0.05, 0) is 31.2 Å². The van der Waals surface area contributed by atoms with Crippen molar-refractivity contribution in [2.45, 2.75) is 26.7 Å². The summed E-state index contributed by atoms with van der Waals surface area (Å²) in [7, 11) is 4.92. The molecule has 0 fully saturated rings. The fourth-order valence-electron chi connectivity index (χ4n) is 4.70. The van der Waals surface area contributed by atoms with Gasteiger partial charge in [-0.2, -0.15) is 0 Å². The fourth-order valence-corrected chi connectivity index (χ4v) is 5.38. The highest BCUT2D eigenvalue weighted by Gasteiger charge is 2.45. The van der Waals surface area contributed by atoms with E-state index in [2.05, 4.69) is 25.8 Å². The summed E-state index contributed by atoms with van der Waals surface area (Å²) >= 11 is 0.994. The number of aryl methyl sites for hydroxylation is 1. The van der Waals surface area contributed by atoms with Gasteiger partial charge >= 0.3 is 0 Å². The maximum absolute atomic E-state index is 13.7. The minimum Gasteiger partial charge on any atom is -0.420 e. The third-order valence-corrected chi connectivity index (χ3v) is 7.78. The van der Waals surface area contributed by atoms with Crippen LogP contribution in [0, 0.1) is 12.3 Å². The summed E-state index contributed by atoms with van der Waals surface area (Å²) in [6, 6.07) is 14.8. The van der Waals surface area contributed by atoms with E-state index in [-0.39, 0.29) is 27.9 Å². The van der Waals surface area contributed by atoms with Crippen molar-refractivity contribution in [3.8, 4) is 23.0 Å². The zero-order valence-electron chi connectivity index (χ0n) is 23.5. The van der Waals surface area contributed by atoms with Crippen LogP contribution in [-0.2, 0) is 4.79 Å². The molecule has 0 radical (unpaired) electrons. The average molecular weight is 572 g/mol. The predicted octanol–water partition coefficient (Wildman–Crippen LogP) is 4.27. The monoisotopic (exact) mass is 571 g/mol. The lowest BCUT2D eigenvalue weighted by molar-refractivity contribution is -0.124. The molecular formula is C29H29N7O4S. The van der Waals surface area contributed by atoms with Crippen LogP contribution in [0.15, 0.2) is 48.5 Å². The van der Waals surface area contributed by atoms with Crippen LogP contribution in [0.5, 0.6) is 11.8 Å². The number of nitrogens with one attached hydrogen (secondary N) is 2. The van der Waals surface area contributed by atoms with Gasteiger partial charge in [-0.15, -0.1) is 10.2 Å². The molecule has 1 atom stereocenters. The summed E-state index contributed by atoms with van der Waals surface area (Å²) in [5, 5.41) is 13.5. The molecule has 0 saturated carbocycles. The van der Waals surface area contributed by atoms with E-state index in [1.807, 2.05) is 57.2 Å². The van der Waals surface area contributed by atoms with Crippen LogP contribution in [0.1, 0.15) is 56.7 Å². The number of ether oxygens (including phenoxy) is 1. The van der Waals surface area contributed by atoms with E-state index in [1.54, 1.807) is 26.2 Å². The first-order valence-electron chi connectivity index (χ1n) is 12.8. The van der Waals surface area contributed by atoms with Gasteiger partial charge in [0.1, 0.15) is 0 Å². The summed E-state index contributed by atoms with van der Waals surface area (Å²) < 4.78 is 6.20. The third-order valence-electron chi connectivity index (χ3n) is 6.94. The molecule has 4 aromatic rings. The van der Waals surface area contributed by atoms with Crippen LogP contribution >= 0.6 is 11.3 Å². The second kappa shape index (κ2) is 10.7. The first-order chi connectivity index (χ1) is 19.5. The van der Waals surface area contributed by atoms with Crippen LogP contribution in [-0.4, -0.2) is 63.9 Å². The maximum atomic E-state index is 13.7. The second-order valence-corrected chi connectivity index (χ2v) is 11.4. The highest BCUT2D eigenvalue weighted by molar-refractivity contribution is 7.17. The van der Waals surface area contributed by atoms with Crippen molar-refractivity contribution in [3.05, 3.63) is 75.9 Å². The molecule has 0 aliphatic carbocycles. The molecule has 11 nitrogen and oxygen atoms in total. The molecule has 0 unspecified atom stereocenters. The maximum Gasteiger partial charge on any atom is 0.282 e. The number of aromatic nitrogens is 4. The van der Waals surface area contributed by atoms with Crippen molar-refractivity contribution in [1.29, 1.82) is 0 Å². The Morgan fingerprint density at radius 1 is 0.927 bits per heavy atom. The smallest absolute Gasteiger partial charge is 0.282 e. The second-order valence-electron chi connectivity index (χ2n) is 10.4. The van der Waals surface area contributed by atoms with E-state index in [9.17, 15) is 14.4 Å². The molecule has 4 heterocycles.